The van der Waals surface area contributed by atoms with Gasteiger partial charge in [-0.1, -0.05) is 42.5 Å². The third kappa shape index (κ3) is 9.02. The Morgan fingerprint density at radius 2 is 1.55 bits per heavy atom. The molecule has 0 unspecified atom stereocenters. The predicted molar refractivity (Wildman–Crippen MR) is 115 cm³/mol. The number of nitrogens with zero attached hydrogens (tertiary/aromatic N) is 2. The second-order valence-corrected chi connectivity index (χ2v) is 7.18. The van der Waals surface area contributed by atoms with Crippen LogP contribution in [-0.4, -0.2) is 32.0 Å². The van der Waals surface area contributed by atoms with Gasteiger partial charge in [-0.05, 0) is 34.9 Å². The highest BCUT2D eigenvalue weighted by molar-refractivity contribution is 5.73. The number of alkyl halides is 3. The maximum Gasteiger partial charge on any atom is 0.416 e. The number of pyridine rings is 1. The minimum atomic E-state index is -4.38. The summed E-state index contributed by atoms with van der Waals surface area (Å²) in [5.41, 5.74) is 1.19. The summed E-state index contributed by atoms with van der Waals surface area (Å²) >= 11 is 0. The van der Waals surface area contributed by atoms with Crippen LogP contribution in [0.25, 0.3) is 0 Å². The number of carboxylic acid groups (broad SMARTS) is 1. The topological polar surface area (TPSA) is 90.7 Å². The van der Waals surface area contributed by atoms with Gasteiger partial charge >= 0.3 is 12.1 Å². The first-order valence-electron chi connectivity index (χ1n) is 9.85. The molecule has 6 nitrogen and oxygen atoms in total. The minimum Gasteiger partial charge on any atom is -0.506 e. The second-order valence-electron chi connectivity index (χ2n) is 7.18. The van der Waals surface area contributed by atoms with Crippen LogP contribution >= 0.6 is 0 Å². The zero-order valence-corrected chi connectivity index (χ0v) is 17.8. The maximum absolute atomic E-state index is 12.7. The van der Waals surface area contributed by atoms with E-state index in [9.17, 15) is 22.8 Å². The van der Waals surface area contributed by atoms with Crippen LogP contribution in [0.3, 0.4) is 0 Å². The largest absolute Gasteiger partial charge is 0.506 e. The van der Waals surface area contributed by atoms with Crippen molar-refractivity contribution in [2.24, 2.45) is 0 Å². The van der Waals surface area contributed by atoms with Crippen LogP contribution in [0, 0.1) is 0 Å². The van der Waals surface area contributed by atoms with Crippen molar-refractivity contribution in [3.8, 4) is 5.75 Å². The average Bonchev–Trinajstić information content (AvgIpc) is 2.74. The summed E-state index contributed by atoms with van der Waals surface area (Å²) in [4.78, 5) is 27.1. The van der Waals surface area contributed by atoms with E-state index >= 15 is 0 Å². The normalized spacial score (nSPS) is 10.7. The van der Waals surface area contributed by atoms with Gasteiger partial charge in [-0.25, -0.2) is 0 Å². The number of aliphatic carboxylic acids is 1. The molecule has 3 rings (SSSR count). The van der Waals surface area contributed by atoms with Crippen LogP contribution in [0.2, 0.25) is 0 Å². The molecule has 0 saturated heterocycles. The summed E-state index contributed by atoms with van der Waals surface area (Å²) in [5.74, 6) is -1.12. The molecule has 0 atom stereocenters. The number of amides is 1. The van der Waals surface area contributed by atoms with Crippen LogP contribution in [0.15, 0.2) is 73.1 Å². The Balaban J connectivity index is 0.000000294. The third-order valence-electron chi connectivity index (χ3n) is 4.43. The van der Waals surface area contributed by atoms with E-state index < -0.39 is 17.7 Å². The van der Waals surface area contributed by atoms with E-state index in [4.69, 9.17) is 10.2 Å². The summed E-state index contributed by atoms with van der Waals surface area (Å²) in [7, 11) is 0. The Hall–Kier alpha value is -3.88. The number of aromatic hydroxyl groups is 1. The minimum absolute atomic E-state index is 0.0104. The smallest absolute Gasteiger partial charge is 0.416 e. The molecule has 0 radical (unpaired) electrons. The Morgan fingerprint density at radius 1 is 0.909 bits per heavy atom. The number of carbonyl (C=O) groups excluding carboxylic acids is 1. The molecule has 2 N–H and O–H groups in total. The van der Waals surface area contributed by atoms with Crippen LogP contribution in [-0.2, 0) is 35.3 Å². The molecular formula is C24H23F3N2O4. The molecule has 2 aromatic carbocycles. The molecule has 0 fully saturated rings. The molecule has 3 aromatic rings. The first-order chi connectivity index (χ1) is 15.5. The fraction of sp³-hybridized carbons (Fsp3) is 0.208. The van der Waals surface area contributed by atoms with Crippen molar-refractivity contribution in [3.63, 3.8) is 0 Å². The lowest BCUT2D eigenvalue weighted by atomic mass is 10.1. The van der Waals surface area contributed by atoms with E-state index in [1.165, 1.54) is 36.4 Å². The van der Waals surface area contributed by atoms with Crippen molar-refractivity contribution in [3.05, 3.63) is 95.3 Å². The summed E-state index contributed by atoms with van der Waals surface area (Å²) < 4.78 is 38.2. The zero-order valence-electron chi connectivity index (χ0n) is 17.8. The van der Waals surface area contributed by atoms with Gasteiger partial charge in [0.05, 0.1) is 18.2 Å². The van der Waals surface area contributed by atoms with Crippen LogP contribution < -0.4 is 0 Å². The number of aromatic nitrogens is 1. The molecule has 0 aliphatic rings. The molecule has 0 saturated carbocycles. The van der Waals surface area contributed by atoms with E-state index in [0.29, 0.717) is 17.7 Å². The molecule has 33 heavy (non-hydrogen) atoms. The number of halogens is 3. The van der Waals surface area contributed by atoms with E-state index in [1.54, 1.807) is 6.07 Å². The van der Waals surface area contributed by atoms with Gasteiger partial charge in [0.25, 0.3) is 0 Å². The second kappa shape index (κ2) is 11.7. The molecule has 1 amide bonds. The van der Waals surface area contributed by atoms with Crippen molar-refractivity contribution in [1.29, 1.82) is 0 Å². The molecule has 1 heterocycles. The number of rotatable bonds is 6. The van der Waals surface area contributed by atoms with Gasteiger partial charge in [0, 0.05) is 26.2 Å². The predicted octanol–water partition coefficient (Wildman–Crippen LogP) is 4.67. The molecule has 1 aromatic heterocycles. The molecule has 0 spiro atoms. The van der Waals surface area contributed by atoms with Crippen molar-refractivity contribution in [2.75, 3.05) is 0 Å². The first-order valence-corrected chi connectivity index (χ1v) is 9.85. The number of benzene rings is 2. The van der Waals surface area contributed by atoms with Gasteiger partial charge in [0.1, 0.15) is 5.75 Å². The van der Waals surface area contributed by atoms with E-state index in [-0.39, 0.29) is 24.6 Å². The van der Waals surface area contributed by atoms with Gasteiger partial charge in [0.15, 0.2) is 0 Å². The van der Waals surface area contributed by atoms with Gasteiger partial charge in [-0.15, -0.1) is 0 Å². The number of carboxylic acids is 1. The average molecular weight is 460 g/mol. The van der Waals surface area contributed by atoms with E-state index in [2.05, 4.69) is 4.98 Å². The molecular weight excluding hydrogens is 437 g/mol. The fourth-order valence-corrected chi connectivity index (χ4v) is 2.89. The summed E-state index contributed by atoms with van der Waals surface area (Å²) in [6, 6.07) is 15.8. The highest BCUT2D eigenvalue weighted by Gasteiger charge is 2.30. The summed E-state index contributed by atoms with van der Waals surface area (Å²) in [5, 5.41) is 17.2. The molecule has 0 bridgehead atoms. The van der Waals surface area contributed by atoms with Crippen LogP contribution in [0.5, 0.6) is 5.75 Å². The highest BCUT2D eigenvalue weighted by atomic mass is 19.4. The van der Waals surface area contributed by atoms with Crippen LogP contribution in [0.4, 0.5) is 13.2 Å². The SMILES string of the molecule is CC(=O)N(Cc1ccccc1)Cc1cccc(C(F)(F)F)c1.O=C(O)Cc1cncc(O)c1. The van der Waals surface area contributed by atoms with Gasteiger partial charge in [-0.3, -0.25) is 14.6 Å². The monoisotopic (exact) mass is 460 g/mol. The lowest BCUT2D eigenvalue weighted by Gasteiger charge is -2.22. The van der Waals surface area contributed by atoms with Gasteiger partial charge in [0.2, 0.25) is 5.91 Å². The van der Waals surface area contributed by atoms with Crippen molar-refractivity contribution in [2.45, 2.75) is 32.6 Å². The lowest BCUT2D eigenvalue weighted by molar-refractivity contribution is -0.138. The number of hydrogen-bond donors (Lipinski definition) is 2. The standard InChI is InChI=1S/C17H16F3NO.C7H7NO3/c1-13(22)21(11-14-6-3-2-4-7-14)12-15-8-5-9-16(10-15)17(18,19)20;9-6-1-5(2-7(10)11)3-8-4-6/h2-10H,11-12H2,1H3;1,3-4,9H,2H2,(H,10,11). The van der Waals surface area contributed by atoms with Crippen LogP contribution in [0.1, 0.15) is 29.2 Å². The molecule has 0 aliphatic heterocycles. The number of carbonyl (C=O) groups is 2. The third-order valence-corrected chi connectivity index (χ3v) is 4.43. The van der Waals surface area contributed by atoms with E-state index in [1.807, 2.05) is 30.3 Å². The quantitative estimate of drug-likeness (QED) is 0.558. The Bertz CT molecular complexity index is 1070. The van der Waals surface area contributed by atoms with Crippen molar-refractivity contribution < 1.29 is 33.0 Å². The zero-order chi connectivity index (χ0) is 24.4. The Kier molecular flexibility index (Phi) is 8.97. The lowest BCUT2D eigenvalue weighted by Crippen LogP contribution is -2.27. The van der Waals surface area contributed by atoms with Crippen molar-refractivity contribution >= 4 is 11.9 Å². The Morgan fingerprint density at radius 3 is 2.12 bits per heavy atom. The van der Waals surface area contributed by atoms with Gasteiger partial charge in [-0.2, -0.15) is 13.2 Å². The summed E-state index contributed by atoms with van der Waals surface area (Å²) in [6.07, 6.45) is -1.82. The maximum atomic E-state index is 12.7. The summed E-state index contributed by atoms with van der Waals surface area (Å²) in [6.45, 7) is 1.93. The first kappa shape index (κ1) is 25.4. The molecule has 0 aliphatic carbocycles. The number of hydrogen-bond acceptors (Lipinski definition) is 4. The van der Waals surface area contributed by atoms with Gasteiger partial charge < -0.3 is 15.1 Å². The van der Waals surface area contributed by atoms with Crippen molar-refractivity contribution in [1.82, 2.24) is 9.88 Å². The molecule has 174 valence electrons. The highest BCUT2D eigenvalue weighted by Crippen LogP contribution is 2.29. The van der Waals surface area contributed by atoms with E-state index in [0.717, 1.165) is 17.7 Å². The molecule has 9 heteroatoms. The Labute approximate surface area is 188 Å². The fourth-order valence-electron chi connectivity index (χ4n) is 2.89.